The van der Waals surface area contributed by atoms with Gasteiger partial charge in [0.25, 0.3) is 0 Å². The van der Waals surface area contributed by atoms with Crippen molar-refractivity contribution in [3.05, 3.63) is 10.6 Å². The van der Waals surface area contributed by atoms with Gasteiger partial charge in [-0.15, -0.1) is 0 Å². The molecule has 2 saturated carbocycles. The van der Waals surface area contributed by atoms with E-state index in [9.17, 15) is 14.7 Å². The number of thiazole rings is 1. The molecule has 2 fully saturated rings. The van der Waals surface area contributed by atoms with Crippen LogP contribution in [0, 0.1) is 5.92 Å². The lowest BCUT2D eigenvalue weighted by Gasteiger charge is -2.20. The first-order valence-electron chi connectivity index (χ1n) is 7.20. The molecule has 0 spiro atoms. The number of aromatic nitrogens is 1. The molecule has 1 amide bonds. The molecule has 108 valence electrons. The fourth-order valence-corrected chi connectivity index (χ4v) is 3.64. The van der Waals surface area contributed by atoms with Crippen molar-refractivity contribution in [2.24, 2.45) is 5.92 Å². The summed E-state index contributed by atoms with van der Waals surface area (Å²) in [5, 5.41) is 12.5. The molecular formula is C14H18N2O3S. The van der Waals surface area contributed by atoms with Crippen molar-refractivity contribution >= 4 is 28.3 Å². The van der Waals surface area contributed by atoms with Crippen LogP contribution in [-0.4, -0.2) is 22.0 Å². The molecule has 0 radical (unpaired) electrons. The number of hydrogen-bond donors (Lipinski definition) is 2. The van der Waals surface area contributed by atoms with E-state index in [0.717, 1.165) is 49.9 Å². The number of carboxylic acids is 1. The van der Waals surface area contributed by atoms with E-state index in [1.165, 1.54) is 6.42 Å². The van der Waals surface area contributed by atoms with E-state index in [4.69, 9.17) is 0 Å². The molecule has 2 N–H and O–H groups in total. The number of carbonyl (C=O) groups excluding carboxylic acids is 1. The van der Waals surface area contributed by atoms with E-state index in [2.05, 4.69) is 10.3 Å². The molecule has 0 aliphatic heterocycles. The van der Waals surface area contributed by atoms with Crippen LogP contribution in [0.4, 0.5) is 5.13 Å². The number of anilines is 1. The predicted molar refractivity (Wildman–Crippen MR) is 76.3 cm³/mol. The zero-order valence-electron chi connectivity index (χ0n) is 11.2. The van der Waals surface area contributed by atoms with Crippen LogP contribution in [0.3, 0.4) is 0 Å². The van der Waals surface area contributed by atoms with Crippen molar-refractivity contribution in [3.63, 3.8) is 0 Å². The molecule has 0 unspecified atom stereocenters. The van der Waals surface area contributed by atoms with Crippen LogP contribution >= 0.6 is 11.3 Å². The lowest BCUT2D eigenvalue weighted by atomic mass is 9.86. The Kier molecular flexibility index (Phi) is 3.74. The molecule has 1 heterocycles. The highest BCUT2D eigenvalue weighted by atomic mass is 32.1. The first-order chi connectivity index (χ1) is 9.65. The maximum atomic E-state index is 11.7. The minimum absolute atomic E-state index is 0.0223. The molecule has 5 nitrogen and oxygen atoms in total. The largest absolute Gasteiger partial charge is 0.477 e. The second-order valence-corrected chi connectivity index (χ2v) is 6.64. The highest BCUT2D eigenvalue weighted by molar-refractivity contribution is 7.17. The Morgan fingerprint density at radius 3 is 2.45 bits per heavy atom. The van der Waals surface area contributed by atoms with E-state index >= 15 is 0 Å². The van der Waals surface area contributed by atoms with E-state index in [1.807, 2.05) is 0 Å². The molecule has 0 saturated heterocycles. The lowest BCUT2D eigenvalue weighted by Crippen LogP contribution is -2.13. The van der Waals surface area contributed by atoms with Crippen LogP contribution < -0.4 is 5.32 Å². The molecule has 6 heteroatoms. The number of rotatable bonds is 4. The van der Waals surface area contributed by atoms with Crippen molar-refractivity contribution in [1.29, 1.82) is 0 Å². The van der Waals surface area contributed by atoms with Gasteiger partial charge >= 0.3 is 5.97 Å². The smallest absolute Gasteiger partial charge is 0.347 e. The summed E-state index contributed by atoms with van der Waals surface area (Å²) < 4.78 is 0. The highest BCUT2D eigenvalue weighted by Gasteiger charge is 2.31. The number of carbonyl (C=O) groups is 2. The number of carboxylic acid groups (broad SMARTS) is 1. The van der Waals surface area contributed by atoms with Gasteiger partial charge in [-0.3, -0.25) is 4.79 Å². The second kappa shape index (κ2) is 5.52. The number of nitrogens with one attached hydrogen (secondary N) is 1. The Bertz CT molecular complexity index is 531. The van der Waals surface area contributed by atoms with E-state index in [0.29, 0.717) is 15.7 Å². The molecule has 2 aliphatic carbocycles. The topological polar surface area (TPSA) is 79.3 Å². The fourth-order valence-electron chi connectivity index (χ4n) is 2.74. The minimum atomic E-state index is -0.935. The van der Waals surface area contributed by atoms with Crippen LogP contribution in [-0.2, 0) is 4.79 Å². The molecule has 20 heavy (non-hydrogen) atoms. The summed E-state index contributed by atoms with van der Waals surface area (Å²) in [5.41, 5.74) is 0.674. The maximum Gasteiger partial charge on any atom is 0.347 e. The lowest BCUT2D eigenvalue weighted by molar-refractivity contribution is -0.117. The summed E-state index contributed by atoms with van der Waals surface area (Å²) in [7, 11) is 0. The Hall–Kier alpha value is -1.43. The van der Waals surface area contributed by atoms with Crippen molar-refractivity contribution in [2.75, 3.05) is 5.32 Å². The third-order valence-electron chi connectivity index (χ3n) is 4.02. The SMILES string of the molecule is O=C(O)c1sc(NC(=O)C2CC2)nc1C1CCCCC1. The number of aromatic carboxylic acids is 1. The third kappa shape index (κ3) is 2.85. The van der Waals surface area contributed by atoms with Gasteiger partial charge in [-0.1, -0.05) is 30.6 Å². The molecular weight excluding hydrogens is 276 g/mol. The van der Waals surface area contributed by atoms with E-state index in [-0.39, 0.29) is 17.7 Å². The number of hydrogen-bond acceptors (Lipinski definition) is 4. The van der Waals surface area contributed by atoms with Gasteiger partial charge in [0.15, 0.2) is 5.13 Å². The number of amides is 1. The monoisotopic (exact) mass is 294 g/mol. The third-order valence-corrected chi connectivity index (χ3v) is 4.99. The zero-order chi connectivity index (χ0) is 14.1. The van der Waals surface area contributed by atoms with Gasteiger partial charge in [-0.25, -0.2) is 9.78 Å². The van der Waals surface area contributed by atoms with Gasteiger partial charge in [-0.05, 0) is 25.7 Å². The van der Waals surface area contributed by atoms with Gasteiger partial charge in [-0.2, -0.15) is 0 Å². The molecule has 1 aromatic heterocycles. The van der Waals surface area contributed by atoms with Gasteiger partial charge in [0, 0.05) is 11.8 Å². The summed E-state index contributed by atoms with van der Waals surface area (Å²) in [6.07, 6.45) is 7.33. The fraction of sp³-hybridized carbons (Fsp3) is 0.643. The normalized spacial score (nSPS) is 19.8. The maximum absolute atomic E-state index is 11.7. The summed E-state index contributed by atoms with van der Waals surface area (Å²) in [6.45, 7) is 0. The van der Waals surface area contributed by atoms with Crippen molar-refractivity contribution in [1.82, 2.24) is 4.98 Å². The van der Waals surface area contributed by atoms with Crippen LogP contribution in [0.15, 0.2) is 0 Å². The standard InChI is InChI=1S/C14H18N2O3S/c17-12(9-6-7-9)16-14-15-10(11(20-14)13(18)19)8-4-2-1-3-5-8/h8-9H,1-7H2,(H,18,19)(H,15,16,17). The molecule has 0 aromatic carbocycles. The first kappa shape index (κ1) is 13.5. The predicted octanol–water partition coefficient (Wildman–Crippen LogP) is 3.24. The second-order valence-electron chi connectivity index (χ2n) is 5.64. The van der Waals surface area contributed by atoms with Gasteiger partial charge < -0.3 is 10.4 Å². The first-order valence-corrected chi connectivity index (χ1v) is 8.01. The summed E-state index contributed by atoms with van der Waals surface area (Å²) in [4.78, 5) is 27.8. The minimum Gasteiger partial charge on any atom is -0.477 e. The Morgan fingerprint density at radius 1 is 1.15 bits per heavy atom. The quantitative estimate of drug-likeness (QED) is 0.893. The number of nitrogens with zero attached hydrogens (tertiary/aromatic N) is 1. The average molecular weight is 294 g/mol. The highest BCUT2D eigenvalue weighted by Crippen LogP contribution is 2.38. The molecule has 1 aromatic rings. The van der Waals surface area contributed by atoms with Crippen LogP contribution in [0.2, 0.25) is 0 Å². The summed E-state index contributed by atoms with van der Waals surface area (Å²) >= 11 is 1.09. The molecule has 0 atom stereocenters. The zero-order valence-corrected chi connectivity index (χ0v) is 12.0. The van der Waals surface area contributed by atoms with E-state index < -0.39 is 5.97 Å². The molecule has 2 aliphatic rings. The summed E-state index contributed by atoms with van der Waals surface area (Å²) in [6, 6.07) is 0. The average Bonchev–Trinajstić information content (AvgIpc) is 3.21. The molecule has 0 bridgehead atoms. The van der Waals surface area contributed by atoms with E-state index in [1.54, 1.807) is 0 Å². The van der Waals surface area contributed by atoms with Gasteiger partial charge in [0.05, 0.1) is 5.69 Å². The van der Waals surface area contributed by atoms with Crippen LogP contribution in [0.5, 0.6) is 0 Å². The van der Waals surface area contributed by atoms with Crippen molar-refractivity contribution < 1.29 is 14.7 Å². The van der Waals surface area contributed by atoms with Crippen LogP contribution in [0.25, 0.3) is 0 Å². The van der Waals surface area contributed by atoms with Crippen molar-refractivity contribution in [3.8, 4) is 0 Å². The van der Waals surface area contributed by atoms with Crippen molar-refractivity contribution in [2.45, 2.75) is 50.9 Å². The Labute approximate surface area is 121 Å². The van der Waals surface area contributed by atoms with Gasteiger partial charge in [0.1, 0.15) is 4.88 Å². The Balaban J connectivity index is 1.81. The van der Waals surface area contributed by atoms with Gasteiger partial charge in [0.2, 0.25) is 5.91 Å². The van der Waals surface area contributed by atoms with Crippen LogP contribution in [0.1, 0.15) is 66.2 Å². The Morgan fingerprint density at radius 2 is 1.85 bits per heavy atom. The summed E-state index contributed by atoms with van der Waals surface area (Å²) in [5.74, 6) is -0.621. The molecule has 3 rings (SSSR count).